The second-order valence-electron chi connectivity index (χ2n) is 6.91. The van der Waals surface area contributed by atoms with E-state index < -0.39 is 10.0 Å². The molecule has 0 radical (unpaired) electrons. The predicted molar refractivity (Wildman–Crippen MR) is 103 cm³/mol. The van der Waals surface area contributed by atoms with Crippen LogP contribution in [0.1, 0.15) is 24.0 Å². The van der Waals surface area contributed by atoms with Crippen LogP contribution in [0.5, 0.6) is 0 Å². The lowest BCUT2D eigenvalue weighted by atomic mass is 9.97. The Balaban J connectivity index is 1.56. The van der Waals surface area contributed by atoms with E-state index in [-0.39, 0.29) is 23.4 Å². The number of aryl methyl sites for hydroxylation is 1. The average Bonchev–Trinajstić information content (AvgIpc) is 2.63. The van der Waals surface area contributed by atoms with Crippen molar-refractivity contribution >= 4 is 21.6 Å². The van der Waals surface area contributed by atoms with Gasteiger partial charge in [-0.1, -0.05) is 29.8 Å². The molecule has 1 fully saturated rings. The molecule has 1 heterocycles. The molecule has 1 aliphatic heterocycles. The van der Waals surface area contributed by atoms with Crippen LogP contribution in [0.2, 0.25) is 0 Å². The van der Waals surface area contributed by atoms with Gasteiger partial charge in [0.1, 0.15) is 5.82 Å². The van der Waals surface area contributed by atoms with E-state index in [2.05, 4.69) is 5.32 Å². The van der Waals surface area contributed by atoms with Gasteiger partial charge in [0.15, 0.2) is 0 Å². The molecule has 0 unspecified atom stereocenters. The zero-order valence-corrected chi connectivity index (χ0v) is 16.0. The summed E-state index contributed by atoms with van der Waals surface area (Å²) < 4.78 is 39.7. The van der Waals surface area contributed by atoms with Crippen LogP contribution in [0.25, 0.3) is 0 Å². The summed E-state index contributed by atoms with van der Waals surface area (Å²) in [6.07, 6.45) is 0.945. The Kier molecular flexibility index (Phi) is 5.92. The Hall–Kier alpha value is -2.25. The van der Waals surface area contributed by atoms with E-state index in [1.54, 1.807) is 0 Å². The van der Waals surface area contributed by atoms with E-state index >= 15 is 0 Å². The van der Waals surface area contributed by atoms with E-state index in [4.69, 9.17) is 0 Å². The van der Waals surface area contributed by atoms with Gasteiger partial charge < -0.3 is 5.32 Å². The number of rotatable bonds is 5. The van der Waals surface area contributed by atoms with Gasteiger partial charge in [-0.15, -0.1) is 0 Å². The van der Waals surface area contributed by atoms with Gasteiger partial charge in [-0.3, -0.25) is 4.79 Å². The second-order valence-corrected chi connectivity index (χ2v) is 8.88. The van der Waals surface area contributed by atoms with Crippen molar-refractivity contribution in [2.24, 2.45) is 5.92 Å². The summed E-state index contributed by atoms with van der Waals surface area (Å²) in [6.45, 7) is 2.59. The van der Waals surface area contributed by atoms with E-state index in [9.17, 15) is 17.6 Å². The van der Waals surface area contributed by atoms with Crippen molar-refractivity contribution in [2.45, 2.75) is 25.5 Å². The molecule has 0 bridgehead atoms. The van der Waals surface area contributed by atoms with E-state index in [0.717, 1.165) is 11.1 Å². The van der Waals surface area contributed by atoms with Gasteiger partial charge >= 0.3 is 0 Å². The van der Waals surface area contributed by atoms with Crippen LogP contribution in [0.15, 0.2) is 48.5 Å². The first-order valence-electron chi connectivity index (χ1n) is 8.93. The fraction of sp³-hybridized carbons (Fsp3) is 0.350. The second kappa shape index (κ2) is 8.19. The van der Waals surface area contributed by atoms with Gasteiger partial charge in [0, 0.05) is 24.7 Å². The van der Waals surface area contributed by atoms with Crippen molar-refractivity contribution in [2.75, 3.05) is 18.4 Å². The van der Waals surface area contributed by atoms with Gasteiger partial charge in [0.2, 0.25) is 15.9 Å². The third kappa shape index (κ3) is 5.14. The number of nitrogens with zero attached hydrogens (tertiary/aromatic N) is 1. The summed E-state index contributed by atoms with van der Waals surface area (Å²) in [5.41, 5.74) is 2.33. The molecule has 1 N–H and O–H groups in total. The Morgan fingerprint density at radius 1 is 1.15 bits per heavy atom. The van der Waals surface area contributed by atoms with Gasteiger partial charge in [-0.05, 0) is 49.6 Å². The van der Waals surface area contributed by atoms with Crippen molar-refractivity contribution in [1.82, 2.24) is 4.31 Å². The monoisotopic (exact) mass is 390 g/mol. The lowest BCUT2D eigenvalue weighted by molar-refractivity contribution is -0.120. The molecule has 7 heteroatoms. The fourth-order valence-corrected chi connectivity index (χ4v) is 4.83. The lowest BCUT2D eigenvalue weighted by Gasteiger charge is -2.30. The maximum atomic E-state index is 12.9. The predicted octanol–water partition coefficient (Wildman–Crippen LogP) is 3.31. The van der Waals surface area contributed by atoms with Crippen molar-refractivity contribution < 1.29 is 17.6 Å². The molecule has 0 aliphatic carbocycles. The number of sulfonamides is 1. The molecule has 144 valence electrons. The molecular formula is C20H23FN2O3S. The van der Waals surface area contributed by atoms with Crippen LogP contribution in [-0.4, -0.2) is 31.7 Å². The first-order chi connectivity index (χ1) is 12.8. The SMILES string of the molecule is Cc1cccc(CS(=O)(=O)N2CCC(C(=O)Nc3ccc(F)cc3)CC2)c1. The molecule has 27 heavy (non-hydrogen) atoms. The van der Waals surface area contributed by atoms with Crippen LogP contribution in [0, 0.1) is 18.7 Å². The highest BCUT2D eigenvalue weighted by Crippen LogP contribution is 2.23. The van der Waals surface area contributed by atoms with Crippen LogP contribution < -0.4 is 5.32 Å². The molecule has 0 saturated carbocycles. The summed E-state index contributed by atoms with van der Waals surface area (Å²) in [4.78, 5) is 12.4. The molecule has 3 rings (SSSR count). The van der Waals surface area contributed by atoms with Crippen LogP contribution >= 0.6 is 0 Å². The van der Waals surface area contributed by atoms with Crippen LogP contribution in [-0.2, 0) is 20.6 Å². The largest absolute Gasteiger partial charge is 0.326 e. The van der Waals surface area contributed by atoms with Crippen LogP contribution in [0.4, 0.5) is 10.1 Å². The van der Waals surface area contributed by atoms with Crippen molar-refractivity contribution in [3.05, 3.63) is 65.5 Å². The quantitative estimate of drug-likeness (QED) is 0.852. The van der Waals surface area contributed by atoms with Crippen molar-refractivity contribution in [3.8, 4) is 0 Å². The topological polar surface area (TPSA) is 66.5 Å². The van der Waals surface area contributed by atoms with Gasteiger partial charge in [-0.25, -0.2) is 17.1 Å². The minimum Gasteiger partial charge on any atom is -0.326 e. The minimum absolute atomic E-state index is 0.0267. The third-order valence-electron chi connectivity index (χ3n) is 4.76. The van der Waals surface area contributed by atoms with Crippen molar-refractivity contribution in [3.63, 3.8) is 0 Å². The number of amides is 1. The minimum atomic E-state index is -3.41. The number of hydrogen-bond acceptors (Lipinski definition) is 3. The Morgan fingerprint density at radius 3 is 2.44 bits per heavy atom. The van der Waals surface area contributed by atoms with E-state index in [1.807, 2.05) is 31.2 Å². The number of halogens is 1. The van der Waals surface area contributed by atoms with Gasteiger partial charge in [0.25, 0.3) is 0 Å². The highest BCUT2D eigenvalue weighted by Gasteiger charge is 2.31. The highest BCUT2D eigenvalue weighted by atomic mass is 32.2. The number of piperidine rings is 1. The molecule has 2 aromatic carbocycles. The normalized spacial score (nSPS) is 16.2. The molecule has 1 amide bonds. The number of carbonyl (C=O) groups is 1. The maximum absolute atomic E-state index is 12.9. The summed E-state index contributed by atoms with van der Waals surface area (Å²) in [5, 5.41) is 2.76. The molecule has 0 spiro atoms. The number of anilines is 1. The molecule has 1 saturated heterocycles. The third-order valence-corrected chi connectivity index (χ3v) is 6.61. The van der Waals surface area contributed by atoms with E-state index in [1.165, 1.54) is 28.6 Å². The standard InChI is InChI=1S/C20H23FN2O3S/c1-15-3-2-4-16(13-15)14-27(25,26)23-11-9-17(10-12-23)20(24)22-19-7-5-18(21)6-8-19/h2-8,13,17H,9-12,14H2,1H3,(H,22,24). The summed E-state index contributed by atoms with van der Waals surface area (Å²) in [6, 6.07) is 13.1. The molecule has 5 nitrogen and oxygen atoms in total. The molecular weight excluding hydrogens is 367 g/mol. The average molecular weight is 390 g/mol. The van der Waals surface area contributed by atoms with Crippen LogP contribution in [0.3, 0.4) is 0 Å². The number of nitrogens with one attached hydrogen (secondary N) is 1. The molecule has 0 aromatic heterocycles. The highest BCUT2D eigenvalue weighted by molar-refractivity contribution is 7.88. The van der Waals surface area contributed by atoms with E-state index in [0.29, 0.717) is 31.6 Å². The molecule has 0 atom stereocenters. The van der Waals surface area contributed by atoms with Crippen molar-refractivity contribution in [1.29, 1.82) is 0 Å². The Labute approximate surface area is 159 Å². The summed E-state index contributed by atoms with van der Waals surface area (Å²) in [5.74, 6) is -0.792. The van der Waals surface area contributed by atoms with Gasteiger partial charge in [-0.2, -0.15) is 0 Å². The Bertz CT molecular complexity index is 905. The Morgan fingerprint density at radius 2 is 1.81 bits per heavy atom. The number of hydrogen-bond donors (Lipinski definition) is 1. The summed E-state index contributed by atoms with van der Waals surface area (Å²) in [7, 11) is -3.41. The lowest BCUT2D eigenvalue weighted by Crippen LogP contribution is -2.41. The zero-order chi connectivity index (χ0) is 19.4. The summed E-state index contributed by atoms with van der Waals surface area (Å²) >= 11 is 0. The maximum Gasteiger partial charge on any atom is 0.227 e. The number of benzene rings is 2. The fourth-order valence-electron chi connectivity index (χ4n) is 3.28. The smallest absolute Gasteiger partial charge is 0.227 e. The molecule has 1 aliphatic rings. The number of carbonyl (C=O) groups excluding carboxylic acids is 1. The molecule has 2 aromatic rings. The van der Waals surface area contributed by atoms with Gasteiger partial charge in [0.05, 0.1) is 5.75 Å². The zero-order valence-electron chi connectivity index (χ0n) is 15.2. The first-order valence-corrected chi connectivity index (χ1v) is 10.5. The first kappa shape index (κ1) is 19.5.